The first-order chi connectivity index (χ1) is 30.7. The summed E-state index contributed by atoms with van der Waals surface area (Å²) in [4.78, 5) is 27.2. The summed E-state index contributed by atoms with van der Waals surface area (Å²) in [5.41, 5.74) is 15.7. The lowest BCUT2D eigenvalue weighted by atomic mass is 9.91. The highest BCUT2D eigenvalue weighted by Gasteiger charge is 2.23. The molecule has 12 rings (SSSR count). The Morgan fingerprint density at radius 1 is 0.258 bits per heavy atom. The van der Waals surface area contributed by atoms with Crippen LogP contribution in [0.3, 0.4) is 0 Å². The van der Waals surface area contributed by atoms with Gasteiger partial charge in [-0.3, -0.25) is 0 Å². The van der Waals surface area contributed by atoms with Crippen molar-refractivity contribution in [2.45, 2.75) is 0 Å². The lowest BCUT2D eigenvalue weighted by molar-refractivity contribution is 1.30. The van der Waals surface area contributed by atoms with Crippen molar-refractivity contribution in [3.05, 3.63) is 212 Å². The van der Waals surface area contributed by atoms with Gasteiger partial charge >= 0.3 is 0 Å². The lowest BCUT2D eigenvalue weighted by Crippen LogP contribution is -2.00. The second-order valence-electron chi connectivity index (χ2n) is 15.6. The molecule has 288 valence electrons. The summed E-state index contributed by atoms with van der Waals surface area (Å²) in [5, 5.41) is 5.20. The zero-order chi connectivity index (χ0) is 41.0. The Morgan fingerprint density at radius 2 is 0.742 bits per heavy atom. The molecule has 0 fully saturated rings. The van der Waals surface area contributed by atoms with Crippen LogP contribution < -0.4 is 0 Å². The van der Waals surface area contributed by atoms with E-state index in [-0.39, 0.29) is 0 Å². The topological polar surface area (TPSA) is 64.5 Å². The number of hydrogen-bond acceptors (Lipinski definition) is 5. The molecule has 12 aromatic rings. The minimum atomic E-state index is 0.799. The third-order valence-corrected chi connectivity index (χ3v) is 11.8. The molecular formula is C57H35N5. The van der Waals surface area contributed by atoms with Gasteiger partial charge in [0.25, 0.3) is 0 Å². The fraction of sp³-hybridized carbons (Fsp3) is 0. The van der Waals surface area contributed by atoms with Crippen molar-refractivity contribution in [3.63, 3.8) is 0 Å². The summed E-state index contributed by atoms with van der Waals surface area (Å²) in [6.45, 7) is 0. The molecule has 0 saturated heterocycles. The molecule has 5 nitrogen and oxygen atoms in total. The van der Waals surface area contributed by atoms with Gasteiger partial charge in [0.1, 0.15) is 0 Å². The van der Waals surface area contributed by atoms with E-state index in [1.54, 1.807) is 0 Å². The fourth-order valence-corrected chi connectivity index (χ4v) is 8.84. The SMILES string of the molecule is c1ccc(-c2ccc3ccc4ccc(-c5cccc(-c6nc7ccccc7c7c(-c8ccccc8)cc8nc(-c9ccccc9)c(-c9ccccc9)nc8c67)c5)nc4c3n2)cc1. The molecule has 0 N–H and O–H groups in total. The molecule has 0 amide bonds. The van der Waals surface area contributed by atoms with Gasteiger partial charge in [0.2, 0.25) is 0 Å². The molecule has 0 spiro atoms. The van der Waals surface area contributed by atoms with E-state index >= 15 is 0 Å². The molecule has 8 aromatic carbocycles. The van der Waals surface area contributed by atoms with Crippen LogP contribution in [0, 0.1) is 0 Å². The summed E-state index contributed by atoms with van der Waals surface area (Å²) in [5.74, 6) is 0. The van der Waals surface area contributed by atoms with E-state index in [9.17, 15) is 0 Å². The number of nitrogens with zero attached hydrogens (tertiary/aromatic N) is 5. The second-order valence-corrected chi connectivity index (χ2v) is 15.6. The van der Waals surface area contributed by atoms with Crippen molar-refractivity contribution < 1.29 is 0 Å². The molecule has 4 aromatic heterocycles. The van der Waals surface area contributed by atoms with E-state index in [0.29, 0.717) is 0 Å². The molecule has 0 radical (unpaired) electrons. The standard InChI is InChI=1S/C57H35N5/c1-5-16-36(17-6-1)45-35-49-57(62-56(39-22-11-4-12-23-39)53(61-49)38-20-9-3-10-21-38)51-50(45)44-26-13-14-27-48(44)60-52(51)43-25-15-24-42(34-43)47-33-31-41-29-28-40-30-32-46(37-18-7-2-8-19-37)58-54(40)55(41)59-47/h1-35H. The number of benzene rings is 8. The highest BCUT2D eigenvalue weighted by atomic mass is 14.8. The van der Waals surface area contributed by atoms with E-state index in [4.69, 9.17) is 24.9 Å². The van der Waals surface area contributed by atoms with Gasteiger partial charge in [-0.1, -0.05) is 182 Å². The molecule has 62 heavy (non-hydrogen) atoms. The number of para-hydroxylation sites is 1. The van der Waals surface area contributed by atoms with Gasteiger partial charge < -0.3 is 0 Å². The van der Waals surface area contributed by atoms with Crippen LogP contribution in [-0.4, -0.2) is 24.9 Å². The second kappa shape index (κ2) is 14.7. The number of hydrogen-bond donors (Lipinski definition) is 0. The summed E-state index contributed by atoms with van der Waals surface area (Å²) in [6, 6.07) is 73.6. The number of fused-ring (bicyclic) bond motifs is 8. The Hall–Kier alpha value is -8.41. The molecule has 5 heteroatoms. The Morgan fingerprint density at radius 3 is 1.39 bits per heavy atom. The van der Waals surface area contributed by atoms with E-state index in [0.717, 1.165) is 122 Å². The predicted molar refractivity (Wildman–Crippen MR) is 256 cm³/mol. The molecule has 0 aliphatic heterocycles. The van der Waals surface area contributed by atoms with Gasteiger partial charge in [-0.15, -0.1) is 0 Å². The molecular weight excluding hydrogens is 755 g/mol. The lowest BCUT2D eigenvalue weighted by Gasteiger charge is -2.18. The number of pyridine rings is 3. The number of aromatic nitrogens is 5. The van der Waals surface area contributed by atoms with Crippen LogP contribution in [0.15, 0.2) is 212 Å². The molecule has 0 atom stereocenters. The summed E-state index contributed by atoms with van der Waals surface area (Å²) >= 11 is 0. The van der Waals surface area contributed by atoms with Crippen LogP contribution in [0.25, 0.3) is 122 Å². The first kappa shape index (κ1) is 35.5. The number of rotatable bonds is 6. The van der Waals surface area contributed by atoms with Crippen LogP contribution in [0.2, 0.25) is 0 Å². The highest BCUT2D eigenvalue weighted by Crippen LogP contribution is 2.44. The van der Waals surface area contributed by atoms with E-state index in [1.165, 1.54) is 0 Å². The zero-order valence-corrected chi connectivity index (χ0v) is 33.4. The quantitative estimate of drug-likeness (QED) is 0.157. The van der Waals surface area contributed by atoms with Crippen molar-refractivity contribution >= 4 is 54.5 Å². The molecule has 0 aliphatic carbocycles. The van der Waals surface area contributed by atoms with Crippen molar-refractivity contribution in [1.29, 1.82) is 0 Å². The summed E-state index contributed by atoms with van der Waals surface area (Å²) in [7, 11) is 0. The van der Waals surface area contributed by atoms with Gasteiger partial charge in [-0.05, 0) is 41.5 Å². The Bertz CT molecular complexity index is 3670. The fourth-order valence-electron chi connectivity index (χ4n) is 8.84. The monoisotopic (exact) mass is 789 g/mol. The van der Waals surface area contributed by atoms with Gasteiger partial charge in [-0.25, -0.2) is 24.9 Å². The Balaban J connectivity index is 1.13. The summed E-state index contributed by atoms with van der Waals surface area (Å²) in [6.07, 6.45) is 0. The normalized spacial score (nSPS) is 11.5. The van der Waals surface area contributed by atoms with Crippen LogP contribution >= 0.6 is 0 Å². The summed E-state index contributed by atoms with van der Waals surface area (Å²) < 4.78 is 0. The van der Waals surface area contributed by atoms with Crippen molar-refractivity contribution in [2.24, 2.45) is 0 Å². The van der Waals surface area contributed by atoms with Crippen LogP contribution in [-0.2, 0) is 0 Å². The van der Waals surface area contributed by atoms with E-state index in [1.807, 2.05) is 30.3 Å². The third-order valence-electron chi connectivity index (χ3n) is 11.8. The first-order valence-electron chi connectivity index (χ1n) is 20.8. The predicted octanol–water partition coefficient (Wildman–Crippen LogP) is 14.4. The molecule has 0 bridgehead atoms. The average molecular weight is 790 g/mol. The Kier molecular flexibility index (Phi) is 8.42. The molecule has 0 aliphatic rings. The molecule has 0 unspecified atom stereocenters. The Labute approximate surface area is 357 Å². The van der Waals surface area contributed by atoms with Crippen molar-refractivity contribution in [2.75, 3.05) is 0 Å². The minimum Gasteiger partial charge on any atom is -0.247 e. The maximum atomic E-state index is 5.63. The van der Waals surface area contributed by atoms with Crippen molar-refractivity contribution in [1.82, 2.24) is 24.9 Å². The highest BCUT2D eigenvalue weighted by molar-refractivity contribution is 6.25. The minimum absolute atomic E-state index is 0.799. The van der Waals surface area contributed by atoms with Gasteiger partial charge in [0.05, 0.1) is 56.1 Å². The zero-order valence-electron chi connectivity index (χ0n) is 33.4. The molecule has 0 saturated carbocycles. The third kappa shape index (κ3) is 6.06. The van der Waals surface area contributed by atoms with E-state index < -0.39 is 0 Å². The average Bonchev–Trinajstić information content (AvgIpc) is 3.36. The smallest absolute Gasteiger partial charge is 0.0995 e. The van der Waals surface area contributed by atoms with E-state index in [2.05, 4.69) is 182 Å². The van der Waals surface area contributed by atoms with Crippen LogP contribution in [0.4, 0.5) is 0 Å². The molecule has 4 heterocycles. The van der Waals surface area contributed by atoms with Crippen LogP contribution in [0.5, 0.6) is 0 Å². The maximum absolute atomic E-state index is 5.63. The van der Waals surface area contributed by atoms with Crippen LogP contribution in [0.1, 0.15) is 0 Å². The largest absolute Gasteiger partial charge is 0.247 e. The van der Waals surface area contributed by atoms with Crippen molar-refractivity contribution in [3.8, 4) is 67.4 Å². The van der Waals surface area contributed by atoms with Gasteiger partial charge in [0, 0.05) is 54.7 Å². The van der Waals surface area contributed by atoms with Gasteiger partial charge in [-0.2, -0.15) is 0 Å². The first-order valence-corrected chi connectivity index (χ1v) is 20.8. The van der Waals surface area contributed by atoms with Gasteiger partial charge in [0.15, 0.2) is 0 Å². The maximum Gasteiger partial charge on any atom is 0.0995 e.